The van der Waals surface area contributed by atoms with E-state index in [0.717, 1.165) is 22.8 Å². The average Bonchev–Trinajstić information content (AvgIpc) is 2.01. The maximum absolute atomic E-state index is 10.9. The van der Waals surface area contributed by atoms with E-state index in [2.05, 4.69) is 22.6 Å². The van der Waals surface area contributed by atoms with Crippen molar-refractivity contribution < 1.29 is 9.53 Å². The summed E-state index contributed by atoms with van der Waals surface area (Å²) in [6.07, 6.45) is 3.69. The first kappa shape index (κ1) is 11.9. The minimum absolute atomic E-state index is 0.219. The quantitative estimate of drug-likeness (QED) is 0.335. The van der Waals surface area contributed by atoms with Gasteiger partial charge in [-0.05, 0) is 31.1 Å². The van der Waals surface area contributed by atoms with Gasteiger partial charge >= 0.3 is 5.97 Å². The van der Waals surface area contributed by atoms with Crippen molar-refractivity contribution in [3.05, 3.63) is 11.6 Å². The van der Waals surface area contributed by atoms with E-state index in [-0.39, 0.29) is 5.97 Å². The standard InChI is InChI=1S/C9H15IO2/c1-3-12-9(11)7-8(2)5-4-6-10/h7H,3-6H2,1-2H3/b8-7+. The highest BCUT2D eigenvalue weighted by atomic mass is 127. The zero-order chi connectivity index (χ0) is 9.40. The molecule has 0 N–H and O–H groups in total. The summed E-state index contributed by atoms with van der Waals surface area (Å²) in [5, 5.41) is 0. The van der Waals surface area contributed by atoms with E-state index in [1.807, 2.05) is 13.8 Å². The topological polar surface area (TPSA) is 26.3 Å². The fourth-order valence-electron chi connectivity index (χ4n) is 0.803. The van der Waals surface area contributed by atoms with Crippen LogP contribution in [0, 0.1) is 0 Å². The third kappa shape index (κ3) is 6.64. The van der Waals surface area contributed by atoms with Gasteiger partial charge in [-0.1, -0.05) is 28.2 Å². The lowest BCUT2D eigenvalue weighted by Gasteiger charge is -1.99. The van der Waals surface area contributed by atoms with Gasteiger partial charge in [-0.25, -0.2) is 4.79 Å². The molecule has 0 aromatic carbocycles. The van der Waals surface area contributed by atoms with Crippen molar-refractivity contribution in [2.24, 2.45) is 0 Å². The molecule has 0 radical (unpaired) electrons. The second-order valence-electron chi connectivity index (χ2n) is 2.54. The lowest BCUT2D eigenvalue weighted by atomic mass is 10.2. The van der Waals surface area contributed by atoms with Crippen molar-refractivity contribution >= 4 is 28.6 Å². The van der Waals surface area contributed by atoms with E-state index in [0.29, 0.717) is 6.61 Å². The second kappa shape index (κ2) is 7.58. The maximum atomic E-state index is 10.9. The smallest absolute Gasteiger partial charge is 0.330 e. The fourth-order valence-corrected chi connectivity index (χ4v) is 1.18. The van der Waals surface area contributed by atoms with Crippen LogP contribution in [0.2, 0.25) is 0 Å². The van der Waals surface area contributed by atoms with Crippen LogP contribution in [0.3, 0.4) is 0 Å². The Morgan fingerprint density at radius 1 is 1.58 bits per heavy atom. The number of halogens is 1. The molecule has 0 saturated heterocycles. The van der Waals surface area contributed by atoms with Crippen LogP contribution in [0.4, 0.5) is 0 Å². The van der Waals surface area contributed by atoms with Crippen LogP contribution in [0.15, 0.2) is 11.6 Å². The molecule has 0 atom stereocenters. The number of alkyl halides is 1. The molecule has 0 aromatic rings. The molecule has 0 aliphatic heterocycles. The molecule has 0 spiro atoms. The lowest BCUT2D eigenvalue weighted by Crippen LogP contribution is -2.00. The fraction of sp³-hybridized carbons (Fsp3) is 0.667. The van der Waals surface area contributed by atoms with Gasteiger partial charge in [0.05, 0.1) is 6.61 Å². The van der Waals surface area contributed by atoms with Crippen LogP contribution < -0.4 is 0 Å². The van der Waals surface area contributed by atoms with Crippen molar-refractivity contribution in [2.45, 2.75) is 26.7 Å². The van der Waals surface area contributed by atoms with Gasteiger partial charge in [0.1, 0.15) is 0 Å². The Hall–Kier alpha value is -0.0600. The molecule has 0 aliphatic carbocycles. The van der Waals surface area contributed by atoms with Gasteiger partial charge in [-0.2, -0.15) is 0 Å². The zero-order valence-corrected chi connectivity index (χ0v) is 9.76. The molecule has 2 nitrogen and oxygen atoms in total. The molecule has 0 rings (SSSR count). The third-order valence-electron chi connectivity index (χ3n) is 1.36. The normalized spacial score (nSPS) is 11.4. The summed E-state index contributed by atoms with van der Waals surface area (Å²) in [6.45, 7) is 4.23. The van der Waals surface area contributed by atoms with Crippen molar-refractivity contribution in [2.75, 3.05) is 11.0 Å². The zero-order valence-electron chi connectivity index (χ0n) is 7.60. The number of rotatable bonds is 5. The first-order valence-corrected chi connectivity index (χ1v) is 5.63. The minimum atomic E-state index is -0.219. The van der Waals surface area contributed by atoms with E-state index in [1.54, 1.807) is 6.08 Å². The molecule has 0 amide bonds. The molecule has 0 bridgehead atoms. The SMILES string of the molecule is CCOC(=O)/C=C(\C)CCCI. The Kier molecular flexibility index (Phi) is 7.54. The molecule has 0 fully saturated rings. The van der Waals surface area contributed by atoms with Gasteiger partial charge in [0.2, 0.25) is 0 Å². The number of ether oxygens (including phenoxy) is 1. The van der Waals surface area contributed by atoms with Crippen LogP contribution in [-0.2, 0) is 9.53 Å². The number of hydrogen-bond donors (Lipinski definition) is 0. The van der Waals surface area contributed by atoms with Gasteiger partial charge in [0.15, 0.2) is 0 Å². The van der Waals surface area contributed by atoms with Crippen molar-refractivity contribution in [1.82, 2.24) is 0 Å². The predicted octanol–water partition coefficient (Wildman–Crippen LogP) is 2.71. The number of esters is 1. The molecule has 3 heteroatoms. The summed E-state index contributed by atoms with van der Waals surface area (Å²) in [5.74, 6) is -0.219. The highest BCUT2D eigenvalue weighted by Crippen LogP contribution is 2.05. The molecule has 70 valence electrons. The molecular formula is C9H15IO2. The average molecular weight is 282 g/mol. The van der Waals surface area contributed by atoms with Crippen molar-refractivity contribution in [3.63, 3.8) is 0 Å². The van der Waals surface area contributed by atoms with Crippen LogP contribution in [0.25, 0.3) is 0 Å². The molecule has 0 saturated carbocycles. The van der Waals surface area contributed by atoms with Gasteiger partial charge in [-0.15, -0.1) is 0 Å². The number of carbonyl (C=O) groups is 1. The summed E-state index contributed by atoms with van der Waals surface area (Å²) in [4.78, 5) is 10.9. The Balaban J connectivity index is 3.72. The minimum Gasteiger partial charge on any atom is -0.463 e. The summed E-state index contributed by atoms with van der Waals surface area (Å²) in [5.41, 5.74) is 1.10. The summed E-state index contributed by atoms with van der Waals surface area (Å²) < 4.78 is 5.91. The van der Waals surface area contributed by atoms with E-state index in [1.165, 1.54) is 0 Å². The number of hydrogen-bond acceptors (Lipinski definition) is 2. The van der Waals surface area contributed by atoms with Gasteiger partial charge < -0.3 is 4.74 Å². The van der Waals surface area contributed by atoms with Gasteiger partial charge in [0, 0.05) is 6.08 Å². The number of allylic oxidation sites excluding steroid dienone is 1. The highest BCUT2D eigenvalue weighted by molar-refractivity contribution is 14.1. The summed E-state index contributed by atoms with van der Waals surface area (Å²) in [6, 6.07) is 0. The van der Waals surface area contributed by atoms with E-state index >= 15 is 0 Å². The Bertz CT molecular complexity index is 164. The molecule has 0 aromatic heterocycles. The molecule has 0 unspecified atom stereocenters. The maximum Gasteiger partial charge on any atom is 0.330 e. The Morgan fingerprint density at radius 2 is 2.25 bits per heavy atom. The van der Waals surface area contributed by atoms with Gasteiger partial charge in [-0.3, -0.25) is 0 Å². The van der Waals surface area contributed by atoms with E-state index < -0.39 is 0 Å². The molecule has 0 heterocycles. The largest absolute Gasteiger partial charge is 0.463 e. The van der Waals surface area contributed by atoms with Crippen LogP contribution in [0.5, 0.6) is 0 Å². The number of carbonyl (C=O) groups excluding carboxylic acids is 1. The summed E-state index contributed by atoms with van der Waals surface area (Å²) in [7, 11) is 0. The van der Waals surface area contributed by atoms with Gasteiger partial charge in [0.25, 0.3) is 0 Å². The molecule has 0 aliphatic rings. The molecular weight excluding hydrogens is 267 g/mol. The Labute approximate surface area is 87.5 Å². The van der Waals surface area contributed by atoms with Crippen molar-refractivity contribution in [3.8, 4) is 0 Å². The van der Waals surface area contributed by atoms with E-state index in [4.69, 9.17) is 4.74 Å². The predicted molar refractivity (Wildman–Crippen MR) is 58.5 cm³/mol. The van der Waals surface area contributed by atoms with Crippen LogP contribution >= 0.6 is 22.6 Å². The van der Waals surface area contributed by atoms with Crippen molar-refractivity contribution in [1.29, 1.82) is 0 Å². The van der Waals surface area contributed by atoms with Crippen LogP contribution in [0.1, 0.15) is 26.7 Å². The van der Waals surface area contributed by atoms with Crippen LogP contribution in [-0.4, -0.2) is 17.0 Å². The highest BCUT2D eigenvalue weighted by Gasteiger charge is 1.97. The first-order chi connectivity index (χ1) is 5.70. The van der Waals surface area contributed by atoms with E-state index in [9.17, 15) is 4.79 Å². The Morgan fingerprint density at radius 3 is 2.75 bits per heavy atom. The second-order valence-corrected chi connectivity index (χ2v) is 3.61. The summed E-state index contributed by atoms with van der Waals surface area (Å²) >= 11 is 2.33. The monoisotopic (exact) mass is 282 g/mol. The first-order valence-electron chi connectivity index (χ1n) is 4.10. The third-order valence-corrected chi connectivity index (χ3v) is 2.12. The lowest BCUT2D eigenvalue weighted by molar-refractivity contribution is -0.137. The molecule has 12 heavy (non-hydrogen) atoms.